The van der Waals surface area contributed by atoms with Crippen LogP contribution < -0.4 is 65.1 Å². The van der Waals surface area contributed by atoms with Crippen molar-refractivity contribution in [3.8, 4) is 5.75 Å². The molecule has 2 aromatic heterocycles. The van der Waals surface area contributed by atoms with Crippen molar-refractivity contribution in [3.05, 3.63) is 102 Å². The number of phenols is 1. The van der Waals surface area contributed by atoms with Gasteiger partial charge in [-0.25, -0.2) is 0 Å². The van der Waals surface area contributed by atoms with E-state index in [9.17, 15) is 68.1 Å². The van der Waals surface area contributed by atoms with Crippen LogP contribution in [0.1, 0.15) is 76.5 Å². The molecular formula is C63H84N16O14S. The van der Waals surface area contributed by atoms with E-state index in [1.165, 1.54) is 43.0 Å². The van der Waals surface area contributed by atoms with Gasteiger partial charge in [0.05, 0.1) is 24.5 Å². The number of hydrogen-bond acceptors (Lipinski definition) is 16. The molecular weight excluding hydrogens is 1240 g/mol. The van der Waals surface area contributed by atoms with Gasteiger partial charge in [-0.15, -0.1) is 11.8 Å². The van der Waals surface area contributed by atoms with Gasteiger partial charge in [0.15, 0.2) is 5.96 Å². The minimum absolute atomic E-state index is 0.00841. The van der Waals surface area contributed by atoms with E-state index in [0.717, 1.165) is 11.8 Å². The number of phenolic OH excluding ortho intramolecular Hbond substituents is 1. The van der Waals surface area contributed by atoms with Gasteiger partial charge in [-0.2, -0.15) is 0 Å². The van der Waals surface area contributed by atoms with Gasteiger partial charge in [0.2, 0.25) is 65.0 Å². The van der Waals surface area contributed by atoms with Gasteiger partial charge in [0.1, 0.15) is 60.1 Å². The number of amides is 11. The summed E-state index contributed by atoms with van der Waals surface area (Å²) in [4.78, 5) is 168. The minimum atomic E-state index is -1.77. The summed E-state index contributed by atoms with van der Waals surface area (Å²) in [5.41, 5.74) is 20.0. The summed E-state index contributed by atoms with van der Waals surface area (Å²) < 4.78 is 0. The number of primary amides is 1. The summed E-state index contributed by atoms with van der Waals surface area (Å²) >= 11 is 0.835. The number of para-hydroxylation sites is 2. The number of guanidine groups is 1. The van der Waals surface area contributed by atoms with Crippen molar-refractivity contribution in [2.24, 2.45) is 28.1 Å². The number of aromatic hydroxyl groups is 1. The number of benzene rings is 3. The highest BCUT2D eigenvalue weighted by Crippen LogP contribution is 2.24. The maximum Gasteiger partial charge on any atom is 0.245 e. The Balaban J connectivity index is 1.25. The van der Waals surface area contributed by atoms with Crippen molar-refractivity contribution in [2.45, 2.75) is 146 Å². The standard InChI is InChI=1S/C63H84N16O14S/c1-5-32(2)51-61(92)72-43(16-10-22-67-63(65)66)55(86)73-45(25-36-27-68-41-14-8-6-12-39(36)41)56(87)75-47(54(64)85)30-94-31-49(83)71-44(24-35-18-20-38(82)21-19-35)57(88)77-52(33(3)80)60(91)70-29-50(84)79-23-11-17-48(79)59(90)74-46(58(89)78-53(34(4)81)62(93)76-51)26-37-28-69-42-15-9-7-13-40(37)42/h6-9,12-15,18-21,27-28,32-34,43-48,51-53,68-69,80-82H,5,10-11,16-17,22-26,29-31H2,1-4H3,(H2,64,85)(H,70,91)(H,71,83)(H,72,92)(H,73,86)(H,74,90)(H,75,87)(H,76,93)(H,77,88)(H,78,89)(H4,65,66,67)/t32-,33+,34+,43-,44-,45-,46-,47+,48-,51-,52-,53-/m0/s1. The van der Waals surface area contributed by atoms with E-state index >= 15 is 0 Å². The van der Waals surface area contributed by atoms with E-state index in [-0.39, 0.29) is 75.5 Å². The van der Waals surface area contributed by atoms with Crippen LogP contribution in [-0.2, 0) is 72.0 Å². The molecule has 5 aromatic rings. The molecule has 30 nitrogen and oxygen atoms in total. The number of aliphatic hydroxyl groups excluding tert-OH is 2. The number of aromatic nitrogens is 2. The number of aromatic amines is 2. The number of hydrogen-bond donors (Lipinski definition) is 17. The first-order valence-corrected chi connectivity index (χ1v) is 32.1. The number of carbonyl (C=O) groups is 11. The molecule has 506 valence electrons. The van der Waals surface area contributed by atoms with Gasteiger partial charge >= 0.3 is 0 Å². The fourth-order valence-electron chi connectivity index (χ4n) is 11.1. The molecule has 12 atom stereocenters. The smallest absolute Gasteiger partial charge is 0.245 e. The van der Waals surface area contributed by atoms with E-state index in [4.69, 9.17) is 17.2 Å². The maximum absolute atomic E-state index is 14.8. The summed E-state index contributed by atoms with van der Waals surface area (Å²) in [6, 6.07) is 6.43. The molecule has 2 aliphatic rings. The van der Waals surface area contributed by atoms with E-state index < -0.39 is 150 Å². The number of carbonyl (C=O) groups excluding carboxylic acids is 11. The van der Waals surface area contributed by atoms with Gasteiger partial charge in [-0.05, 0) is 86.4 Å². The number of rotatable bonds is 15. The molecule has 0 saturated carbocycles. The second-order valence-corrected chi connectivity index (χ2v) is 24.5. The predicted molar refractivity (Wildman–Crippen MR) is 348 cm³/mol. The zero-order chi connectivity index (χ0) is 68.3. The highest BCUT2D eigenvalue weighted by Gasteiger charge is 2.40. The molecule has 31 heteroatoms. The molecule has 2 saturated heterocycles. The lowest BCUT2D eigenvalue weighted by atomic mass is 9.96. The molecule has 0 spiro atoms. The van der Waals surface area contributed by atoms with E-state index in [1.54, 1.807) is 74.8 Å². The Morgan fingerprint density at radius 1 is 0.617 bits per heavy atom. The predicted octanol–water partition coefficient (Wildman–Crippen LogP) is -2.54. The number of thioether (sulfide) groups is 1. The fraction of sp³-hybridized carbons (Fsp3) is 0.460. The molecule has 94 heavy (non-hydrogen) atoms. The van der Waals surface area contributed by atoms with Crippen LogP contribution in [0, 0.1) is 5.92 Å². The summed E-state index contributed by atoms with van der Waals surface area (Å²) in [7, 11) is 0. The van der Waals surface area contributed by atoms with Crippen molar-refractivity contribution in [2.75, 3.05) is 31.1 Å². The summed E-state index contributed by atoms with van der Waals surface area (Å²) in [5.74, 6) is -11.8. The van der Waals surface area contributed by atoms with Gasteiger partial charge < -0.3 is 95.2 Å². The second kappa shape index (κ2) is 33.7. The number of fused-ring (bicyclic) bond motifs is 3. The van der Waals surface area contributed by atoms with Crippen molar-refractivity contribution in [1.82, 2.24) is 62.7 Å². The van der Waals surface area contributed by atoms with Gasteiger partial charge in [0.25, 0.3) is 0 Å². The van der Waals surface area contributed by atoms with Crippen LogP contribution >= 0.6 is 11.8 Å². The highest BCUT2D eigenvalue weighted by molar-refractivity contribution is 8.00. The average molecular weight is 1320 g/mol. The van der Waals surface area contributed by atoms with Crippen LogP contribution in [0.25, 0.3) is 21.8 Å². The lowest BCUT2D eigenvalue weighted by Gasteiger charge is -2.30. The van der Waals surface area contributed by atoms with Crippen molar-refractivity contribution in [3.63, 3.8) is 0 Å². The largest absolute Gasteiger partial charge is 0.508 e. The minimum Gasteiger partial charge on any atom is -0.508 e. The summed E-state index contributed by atoms with van der Waals surface area (Å²) in [6.07, 6.45) is 0.128. The van der Waals surface area contributed by atoms with Crippen molar-refractivity contribution < 1.29 is 68.1 Å². The first-order valence-electron chi connectivity index (χ1n) is 31.0. The second-order valence-electron chi connectivity index (χ2n) is 23.5. The topological polar surface area (TPSA) is 482 Å². The Hall–Kier alpha value is -9.75. The Kier molecular flexibility index (Phi) is 25.7. The van der Waals surface area contributed by atoms with E-state index in [0.29, 0.717) is 44.9 Å². The molecule has 7 rings (SSSR count). The normalized spacial score (nSPS) is 24.4. The third-order valence-electron chi connectivity index (χ3n) is 16.5. The lowest BCUT2D eigenvalue weighted by Crippen LogP contribution is -2.63. The molecule has 0 aliphatic carbocycles. The number of nitrogens with one attached hydrogen (secondary N) is 11. The number of aliphatic hydroxyl groups is 2. The lowest BCUT2D eigenvalue weighted by molar-refractivity contribution is -0.140. The quantitative estimate of drug-likeness (QED) is 0.0292. The first kappa shape index (κ1) is 71.7. The summed E-state index contributed by atoms with van der Waals surface area (Å²) in [6.45, 7) is 5.12. The molecule has 0 bridgehead atoms. The Labute approximate surface area is 545 Å². The Bertz CT molecular complexity index is 3570. The maximum atomic E-state index is 14.8. The fourth-order valence-corrected chi connectivity index (χ4v) is 11.9. The van der Waals surface area contributed by atoms with E-state index in [2.05, 4.69) is 62.8 Å². The number of nitrogens with zero attached hydrogens (tertiary/aromatic N) is 2. The van der Waals surface area contributed by atoms with Gasteiger partial charge in [0, 0.05) is 72.3 Å². The van der Waals surface area contributed by atoms with Gasteiger partial charge in [-0.1, -0.05) is 68.8 Å². The van der Waals surface area contributed by atoms with E-state index in [1.807, 2.05) is 0 Å². The molecule has 11 amide bonds. The van der Waals surface area contributed by atoms with Crippen LogP contribution in [0.5, 0.6) is 5.75 Å². The number of nitrogens with two attached hydrogens (primary N) is 3. The summed E-state index contributed by atoms with van der Waals surface area (Å²) in [5, 5.41) is 57.0. The van der Waals surface area contributed by atoms with Crippen LogP contribution in [0.4, 0.5) is 0 Å². The van der Waals surface area contributed by atoms with Gasteiger partial charge in [-0.3, -0.25) is 57.7 Å². The third kappa shape index (κ3) is 19.6. The van der Waals surface area contributed by atoms with Crippen LogP contribution in [0.2, 0.25) is 0 Å². The third-order valence-corrected chi connectivity index (χ3v) is 17.5. The molecule has 20 N–H and O–H groups in total. The zero-order valence-corrected chi connectivity index (χ0v) is 53.4. The Morgan fingerprint density at radius 3 is 1.69 bits per heavy atom. The molecule has 0 unspecified atom stereocenters. The molecule has 4 heterocycles. The van der Waals surface area contributed by atoms with Crippen LogP contribution in [0.3, 0.4) is 0 Å². The van der Waals surface area contributed by atoms with Crippen molar-refractivity contribution in [1.29, 1.82) is 0 Å². The zero-order valence-electron chi connectivity index (χ0n) is 52.6. The van der Waals surface area contributed by atoms with Crippen LogP contribution in [0.15, 0.2) is 90.2 Å². The molecule has 2 fully saturated rings. The number of aliphatic imine (C=N–C) groups is 1. The van der Waals surface area contributed by atoms with Crippen LogP contribution in [-0.4, -0.2) is 199 Å². The number of H-pyrrole nitrogens is 2. The first-order chi connectivity index (χ1) is 44.8. The molecule has 2 aliphatic heterocycles. The SMILES string of the molecule is CC[C@H](C)[C@@H]1NC(=O)[C@H]([C@@H](C)O)NC(=O)[C@H](Cc2c[nH]c3ccccc23)NC(=O)[C@@H]2CCCN2C(=O)CNC(=O)[C@H]([C@@H](C)O)NC(=O)[C@H](Cc2ccc(O)cc2)NC(=O)CSC[C@H](C(N)=O)NC(=O)[C@H](Cc2c[nH]c3ccccc23)NC(=O)[C@H](CCCN=C(N)N)NC1=O. The molecule has 0 radical (unpaired) electrons. The van der Waals surface area contributed by atoms with Crippen molar-refractivity contribution >= 4 is 105 Å². The Morgan fingerprint density at radius 2 is 1.13 bits per heavy atom. The molecule has 3 aromatic carbocycles. The monoisotopic (exact) mass is 1320 g/mol. The highest BCUT2D eigenvalue weighted by atomic mass is 32.2. The average Bonchev–Trinajstić information content (AvgIpc) is 1.65.